The second-order valence-electron chi connectivity index (χ2n) is 6.58. The number of carbonyl (C=O) groups excluding carboxylic acids is 1. The molecule has 0 spiro atoms. The molecule has 0 radical (unpaired) electrons. The second kappa shape index (κ2) is 6.82. The molecule has 3 heterocycles. The van der Waals surface area contributed by atoms with E-state index in [0.717, 1.165) is 5.65 Å². The Morgan fingerprint density at radius 3 is 2.78 bits per heavy atom. The normalized spacial score (nSPS) is 15.0. The zero-order chi connectivity index (χ0) is 19.0. The van der Waals surface area contributed by atoms with E-state index in [2.05, 4.69) is 27.6 Å². The Morgan fingerprint density at radius 2 is 2.11 bits per heavy atom. The average Bonchev–Trinajstić information content (AvgIpc) is 3.22. The standard InChI is InChI=1S/C18H19N5O4/c1-2-27-17(24)7-15(23-10-14(18(25)26)20-21-23)13-9-22-8-12(11-3-4-11)5-6-16(22)19-13/h5-6,8-11,15H,2-4,7H2,1H3,(H,25,26). The monoisotopic (exact) mass is 369 g/mol. The molecule has 0 aromatic carbocycles. The van der Waals surface area contributed by atoms with Gasteiger partial charge in [0.2, 0.25) is 0 Å². The first kappa shape index (κ1) is 17.2. The number of aromatic nitrogens is 5. The number of imidazole rings is 1. The Morgan fingerprint density at radius 1 is 1.30 bits per heavy atom. The second-order valence-corrected chi connectivity index (χ2v) is 6.58. The molecule has 1 aliphatic carbocycles. The fourth-order valence-electron chi connectivity index (χ4n) is 3.09. The van der Waals surface area contributed by atoms with Crippen LogP contribution in [0.25, 0.3) is 5.65 Å². The summed E-state index contributed by atoms with van der Waals surface area (Å²) < 4.78 is 8.33. The van der Waals surface area contributed by atoms with Crippen LogP contribution in [-0.4, -0.2) is 48.0 Å². The van der Waals surface area contributed by atoms with E-state index in [1.165, 1.54) is 29.3 Å². The lowest BCUT2D eigenvalue weighted by Crippen LogP contribution is -2.18. The smallest absolute Gasteiger partial charge is 0.358 e. The Kier molecular flexibility index (Phi) is 4.35. The molecule has 0 amide bonds. The van der Waals surface area contributed by atoms with E-state index in [-0.39, 0.29) is 18.7 Å². The number of aromatic carboxylic acids is 1. The summed E-state index contributed by atoms with van der Waals surface area (Å²) in [6, 6.07) is 3.42. The third-order valence-corrected chi connectivity index (χ3v) is 4.60. The summed E-state index contributed by atoms with van der Waals surface area (Å²) in [6.07, 6.45) is 7.58. The molecule has 1 N–H and O–H groups in total. The predicted octanol–water partition coefficient (Wildman–Crippen LogP) is 2.04. The van der Waals surface area contributed by atoms with Gasteiger partial charge in [-0.25, -0.2) is 14.5 Å². The van der Waals surface area contributed by atoms with Crippen LogP contribution in [-0.2, 0) is 9.53 Å². The average molecular weight is 369 g/mol. The van der Waals surface area contributed by atoms with Crippen molar-refractivity contribution < 1.29 is 19.4 Å². The van der Waals surface area contributed by atoms with Gasteiger partial charge in [0.15, 0.2) is 5.69 Å². The number of ether oxygens (including phenoxy) is 1. The maximum atomic E-state index is 12.1. The van der Waals surface area contributed by atoms with Gasteiger partial charge in [-0.05, 0) is 37.3 Å². The number of pyridine rings is 1. The van der Waals surface area contributed by atoms with Crippen molar-refractivity contribution >= 4 is 17.6 Å². The van der Waals surface area contributed by atoms with Gasteiger partial charge in [0.25, 0.3) is 0 Å². The van der Waals surface area contributed by atoms with Crippen LogP contribution in [0.5, 0.6) is 0 Å². The molecule has 0 saturated heterocycles. The molecule has 4 rings (SSSR count). The number of nitrogens with zero attached hydrogens (tertiary/aromatic N) is 5. The van der Waals surface area contributed by atoms with Crippen LogP contribution >= 0.6 is 0 Å². The van der Waals surface area contributed by atoms with Gasteiger partial charge in [0.05, 0.1) is 24.9 Å². The Bertz CT molecular complexity index is 1000. The van der Waals surface area contributed by atoms with E-state index in [4.69, 9.17) is 9.84 Å². The molecule has 1 atom stereocenters. The molecule has 9 nitrogen and oxygen atoms in total. The summed E-state index contributed by atoms with van der Waals surface area (Å²) >= 11 is 0. The largest absolute Gasteiger partial charge is 0.476 e. The molecular formula is C18H19N5O4. The van der Waals surface area contributed by atoms with Gasteiger partial charge < -0.3 is 14.2 Å². The van der Waals surface area contributed by atoms with Crippen molar-refractivity contribution in [1.82, 2.24) is 24.4 Å². The molecule has 1 aliphatic rings. The minimum absolute atomic E-state index is 0.0182. The summed E-state index contributed by atoms with van der Waals surface area (Å²) in [7, 11) is 0. The lowest BCUT2D eigenvalue weighted by Gasteiger charge is -2.13. The highest BCUT2D eigenvalue weighted by Crippen LogP contribution is 2.40. The number of carboxylic acid groups (broad SMARTS) is 1. The first-order valence-electron chi connectivity index (χ1n) is 8.84. The highest BCUT2D eigenvalue weighted by Gasteiger charge is 2.26. The molecule has 140 valence electrons. The molecule has 3 aromatic heterocycles. The van der Waals surface area contributed by atoms with Gasteiger partial charge in [-0.3, -0.25) is 4.79 Å². The summed E-state index contributed by atoms with van der Waals surface area (Å²) in [5.41, 5.74) is 2.42. The number of hydrogen-bond donors (Lipinski definition) is 1. The minimum Gasteiger partial charge on any atom is -0.476 e. The van der Waals surface area contributed by atoms with E-state index >= 15 is 0 Å². The predicted molar refractivity (Wildman–Crippen MR) is 93.5 cm³/mol. The summed E-state index contributed by atoms with van der Waals surface area (Å²) in [5.74, 6) is -0.977. The number of carbonyl (C=O) groups is 2. The van der Waals surface area contributed by atoms with E-state index in [0.29, 0.717) is 11.6 Å². The van der Waals surface area contributed by atoms with Gasteiger partial charge in [0, 0.05) is 12.4 Å². The van der Waals surface area contributed by atoms with Gasteiger partial charge >= 0.3 is 11.9 Å². The van der Waals surface area contributed by atoms with Crippen molar-refractivity contribution in [2.45, 2.75) is 38.1 Å². The number of fused-ring (bicyclic) bond motifs is 1. The van der Waals surface area contributed by atoms with Crippen LogP contribution in [0.3, 0.4) is 0 Å². The molecule has 1 saturated carbocycles. The third kappa shape index (κ3) is 3.53. The molecule has 0 bridgehead atoms. The van der Waals surface area contributed by atoms with Gasteiger partial charge in [-0.15, -0.1) is 5.10 Å². The number of rotatable bonds is 7. The van der Waals surface area contributed by atoms with Crippen LogP contribution in [0.1, 0.15) is 59.9 Å². The van der Waals surface area contributed by atoms with Crippen LogP contribution in [0, 0.1) is 0 Å². The molecule has 27 heavy (non-hydrogen) atoms. The van der Waals surface area contributed by atoms with E-state index in [1.807, 2.05) is 16.7 Å². The van der Waals surface area contributed by atoms with Crippen LogP contribution in [0.15, 0.2) is 30.7 Å². The topological polar surface area (TPSA) is 112 Å². The van der Waals surface area contributed by atoms with Gasteiger partial charge in [-0.2, -0.15) is 0 Å². The van der Waals surface area contributed by atoms with Crippen molar-refractivity contribution in [3.05, 3.63) is 47.7 Å². The molecule has 0 aliphatic heterocycles. The van der Waals surface area contributed by atoms with Crippen molar-refractivity contribution in [3.63, 3.8) is 0 Å². The van der Waals surface area contributed by atoms with Crippen molar-refractivity contribution in [1.29, 1.82) is 0 Å². The Labute approximate surface area is 154 Å². The zero-order valence-corrected chi connectivity index (χ0v) is 14.8. The highest BCUT2D eigenvalue weighted by atomic mass is 16.5. The molecule has 9 heteroatoms. The maximum Gasteiger partial charge on any atom is 0.358 e. The van der Waals surface area contributed by atoms with E-state index in [9.17, 15) is 9.59 Å². The van der Waals surface area contributed by atoms with Crippen LogP contribution in [0.4, 0.5) is 0 Å². The lowest BCUT2D eigenvalue weighted by atomic mass is 10.1. The van der Waals surface area contributed by atoms with Crippen LogP contribution in [0.2, 0.25) is 0 Å². The number of hydrogen-bond acceptors (Lipinski definition) is 6. The molecule has 1 fully saturated rings. The van der Waals surface area contributed by atoms with Gasteiger partial charge in [0.1, 0.15) is 11.7 Å². The number of esters is 1. The Balaban J connectivity index is 1.70. The van der Waals surface area contributed by atoms with Crippen molar-refractivity contribution in [2.75, 3.05) is 6.61 Å². The van der Waals surface area contributed by atoms with E-state index in [1.54, 1.807) is 6.92 Å². The zero-order valence-electron chi connectivity index (χ0n) is 14.8. The first-order chi connectivity index (χ1) is 13.0. The van der Waals surface area contributed by atoms with Crippen molar-refractivity contribution in [3.8, 4) is 0 Å². The SMILES string of the molecule is CCOC(=O)CC(c1cn2cc(C3CC3)ccc2n1)n1cc(C(=O)O)nn1. The Hall–Kier alpha value is -3.23. The molecular weight excluding hydrogens is 350 g/mol. The fraction of sp³-hybridized carbons (Fsp3) is 0.389. The molecule has 1 unspecified atom stereocenters. The van der Waals surface area contributed by atoms with Crippen molar-refractivity contribution in [2.24, 2.45) is 0 Å². The molecule has 3 aromatic rings. The third-order valence-electron chi connectivity index (χ3n) is 4.60. The summed E-state index contributed by atoms with van der Waals surface area (Å²) in [4.78, 5) is 27.8. The maximum absolute atomic E-state index is 12.1. The van der Waals surface area contributed by atoms with E-state index < -0.39 is 18.0 Å². The summed E-state index contributed by atoms with van der Waals surface area (Å²) in [6.45, 7) is 1.99. The van der Waals surface area contributed by atoms with Crippen LogP contribution < -0.4 is 0 Å². The highest BCUT2D eigenvalue weighted by molar-refractivity contribution is 5.84. The number of carboxylic acids is 1. The summed E-state index contributed by atoms with van der Waals surface area (Å²) in [5, 5.41) is 16.6. The lowest BCUT2D eigenvalue weighted by molar-refractivity contribution is -0.143. The quantitative estimate of drug-likeness (QED) is 0.634. The fourth-order valence-corrected chi connectivity index (χ4v) is 3.09. The first-order valence-corrected chi connectivity index (χ1v) is 8.84. The van der Waals surface area contributed by atoms with Gasteiger partial charge in [-0.1, -0.05) is 11.3 Å². The minimum atomic E-state index is -1.18.